The molecule has 1 atom stereocenters. The van der Waals surface area contributed by atoms with Crippen molar-refractivity contribution in [2.24, 2.45) is 0 Å². The van der Waals surface area contributed by atoms with Crippen LogP contribution in [0.3, 0.4) is 0 Å². The minimum atomic E-state index is -0.269. The summed E-state index contributed by atoms with van der Waals surface area (Å²) >= 11 is 0. The first-order valence-corrected chi connectivity index (χ1v) is 7.85. The number of fused-ring (bicyclic) bond motifs is 1. The molecule has 0 aromatic heterocycles. The van der Waals surface area contributed by atoms with Gasteiger partial charge in [0, 0.05) is 0 Å². The van der Waals surface area contributed by atoms with Crippen LogP contribution in [-0.4, -0.2) is 51.9 Å². The van der Waals surface area contributed by atoms with Gasteiger partial charge in [0.15, 0.2) is 0 Å². The van der Waals surface area contributed by atoms with Gasteiger partial charge < -0.3 is 37.9 Å². The third kappa shape index (κ3) is 5.63. The second-order valence-electron chi connectivity index (χ2n) is 6.88. The van der Waals surface area contributed by atoms with Gasteiger partial charge in [-0.3, -0.25) is 4.79 Å². The average Bonchev–Trinajstić information content (AvgIpc) is 2.51. The van der Waals surface area contributed by atoms with E-state index in [1.165, 1.54) is 0 Å². The summed E-state index contributed by atoms with van der Waals surface area (Å²) in [6, 6.07) is 12.0. The van der Waals surface area contributed by atoms with Crippen LogP contribution in [-0.2, 0) is 9.53 Å². The number of quaternary nitrogens is 1. The van der Waals surface area contributed by atoms with Crippen molar-refractivity contribution in [2.75, 3.05) is 41.4 Å². The van der Waals surface area contributed by atoms with E-state index in [0.29, 0.717) is 6.61 Å². The number of benzene rings is 2. The topological polar surface area (TPSA) is 35.5 Å². The minimum Gasteiger partial charge on any atom is -1.00 e. The molecule has 0 heterocycles. The summed E-state index contributed by atoms with van der Waals surface area (Å²) in [5, 5.41) is 2.19. The Kier molecular flexibility index (Phi) is 7.48. The fourth-order valence-corrected chi connectivity index (χ4v) is 2.32. The van der Waals surface area contributed by atoms with Crippen LogP contribution in [0.2, 0.25) is 0 Å². The van der Waals surface area contributed by atoms with Gasteiger partial charge in [-0.15, -0.1) is 0 Å². The molecule has 1 unspecified atom stereocenters. The van der Waals surface area contributed by atoms with E-state index < -0.39 is 0 Å². The first-order valence-electron chi connectivity index (χ1n) is 7.85. The van der Waals surface area contributed by atoms with Crippen molar-refractivity contribution in [1.29, 1.82) is 0 Å². The number of ether oxygens (including phenoxy) is 2. The number of carbonyl (C=O) groups is 1. The standard InChI is InChI=1S/C19H26NO3.HI/c1-14(19(21)23-11-10-20(2,3)4)15-6-7-17-13-18(22-5)9-8-16(17)12-15;/h6-9,12-14H,10-11H2,1-5H3;1H/q+1;/p-1. The maximum atomic E-state index is 12.2. The summed E-state index contributed by atoms with van der Waals surface area (Å²) in [4.78, 5) is 12.2. The molecule has 24 heavy (non-hydrogen) atoms. The van der Waals surface area contributed by atoms with E-state index in [1.54, 1.807) is 7.11 Å². The molecule has 0 amide bonds. The van der Waals surface area contributed by atoms with E-state index in [0.717, 1.165) is 33.1 Å². The molecule has 4 nitrogen and oxygen atoms in total. The molecular weight excluding hydrogens is 417 g/mol. The van der Waals surface area contributed by atoms with Gasteiger partial charge in [0.05, 0.1) is 34.2 Å². The van der Waals surface area contributed by atoms with Gasteiger partial charge in [0.1, 0.15) is 18.9 Å². The van der Waals surface area contributed by atoms with Crippen molar-refractivity contribution in [3.8, 4) is 5.75 Å². The molecule has 2 aromatic carbocycles. The highest BCUT2D eigenvalue weighted by Gasteiger charge is 2.18. The van der Waals surface area contributed by atoms with E-state index in [-0.39, 0.29) is 35.9 Å². The first kappa shape index (κ1) is 20.7. The van der Waals surface area contributed by atoms with Crippen molar-refractivity contribution in [3.63, 3.8) is 0 Å². The quantitative estimate of drug-likeness (QED) is 0.364. The van der Waals surface area contributed by atoms with Gasteiger partial charge in [-0.25, -0.2) is 0 Å². The molecule has 0 radical (unpaired) electrons. The van der Waals surface area contributed by atoms with Crippen LogP contribution in [0, 0.1) is 0 Å². The highest BCUT2D eigenvalue weighted by atomic mass is 127. The number of rotatable bonds is 6. The number of likely N-dealkylation sites (N-methyl/N-ethyl adjacent to an activating group) is 1. The van der Waals surface area contributed by atoms with Crippen LogP contribution in [0.25, 0.3) is 10.8 Å². The van der Waals surface area contributed by atoms with Crippen molar-refractivity contribution in [3.05, 3.63) is 42.0 Å². The summed E-state index contributed by atoms with van der Waals surface area (Å²) in [5.74, 6) is 0.387. The molecule has 0 spiro atoms. The molecular formula is C19H26INO3. The normalized spacial score (nSPS) is 12.4. The molecule has 0 N–H and O–H groups in total. The van der Waals surface area contributed by atoms with Crippen molar-refractivity contribution >= 4 is 16.7 Å². The minimum absolute atomic E-state index is 0. The van der Waals surface area contributed by atoms with Crippen LogP contribution in [0.5, 0.6) is 5.75 Å². The lowest BCUT2D eigenvalue weighted by Crippen LogP contribution is -3.00. The maximum absolute atomic E-state index is 12.2. The summed E-state index contributed by atoms with van der Waals surface area (Å²) in [5.41, 5.74) is 0.970. The van der Waals surface area contributed by atoms with Crippen LogP contribution >= 0.6 is 0 Å². The van der Waals surface area contributed by atoms with Gasteiger partial charge in [0.2, 0.25) is 0 Å². The summed E-state index contributed by atoms with van der Waals surface area (Å²) in [7, 11) is 7.89. The highest BCUT2D eigenvalue weighted by molar-refractivity contribution is 5.86. The lowest BCUT2D eigenvalue weighted by molar-refractivity contribution is -0.870. The Morgan fingerprint density at radius 1 is 1.08 bits per heavy atom. The Hall–Kier alpha value is -1.34. The number of halogens is 1. The SMILES string of the molecule is COc1ccc2cc(C(C)C(=O)OCC[N+](C)(C)C)ccc2c1.[I-]. The van der Waals surface area contributed by atoms with Crippen molar-refractivity contribution < 1.29 is 42.7 Å². The maximum Gasteiger partial charge on any atom is 0.313 e. The summed E-state index contributed by atoms with van der Waals surface area (Å²) in [6.07, 6.45) is 0. The number of carbonyl (C=O) groups excluding carboxylic acids is 1. The Bertz CT molecular complexity index is 695. The van der Waals surface area contributed by atoms with E-state index in [9.17, 15) is 4.79 Å². The zero-order valence-corrected chi connectivity index (χ0v) is 17.2. The van der Waals surface area contributed by atoms with Gasteiger partial charge in [0.25, 0.3) is 0 Å². The largest absolute Gasteiger partial charge is 1.00 e. The lowest BCUT2D eigenvalue weighted by atomic mass is 9.98. The van der Waals surface area contributed by atoms with Gasteiger partial charge in [-0.1, -0.05) is 24.3 Å². The molecule has 0 aliphatic carbocycles. The molecule has 0 aliphatic rings. The first-order chi connectivity index (χ1) is 10.8. The van der Waals surface area contributed by atoms with E-state index in [2.05, 4.69) is 21.1 Å². The Balaban J connectivity index is 0.00000288. The average molecular weight is 443 g/mol. The second-order valence-corrected chi connectivity index (χ2v) is 6.88. The van der Waals surface area contributed by atoms with Crippen LogP contribution in [0.4, 0.5) is 0 Å². The zero-order chi connectivity index (χ0) is 17.0. The fourth-order valence-electron chi connectivity index (χ4n) is 2.32. The molecule has 5 heteroatoms. The van der Waals surface area contributed by atoms with Gasteiger partial charge in [-0.05, 0) is 35.4 Å². The number of nitrogens with zero attached hydrogens (tertiary/aromatic N) is 1. The van der Waals surface area contributed by atoms with E-state index in [4.69, 9.17) is 9.47 Å². The smallest absolute Gasteiger partial charge is 0.313 e. The Morgan fingerprint density at radius 3 is 2.33 bits per heavy atom. The number of esters is 1. The predicted molar refractivity (Wildman–Crippen MR) is 92.8 cm³/mol. The number of hydrogen-bond donors (Lipinski definition) is 0. The Morgan fingerprint density at radius 2 is 1.71 bits per heavy atom. The molecule has 2 rings (SSSR count). The molecule has 0 aliphatic heterocycles. The second kappa shape index (κ2) is 8.67. The number of hydrogen-bond acceptors (Lipinski definition) is 3. The van der Waals surface area contributed by atoms with Crippen LogP contribution < -0.4 is 28.7 Å². The monoisotopic (exact) mass is 443 g/mol. The fraction of sp³-hybridized carbons (Fsp3) is 0.421. The lowest BCUT2D eigenvalue weighted by Gasteiger charge is -2.23. The number of methoxy groups -OCH3 is 1. The molecule has 2 aromatic rings. The van der Waals surface area contributed by atoms with Gasteiger partial charge >= 0.3 is 5.97 Å². The van der Waals surface area contributed by atoms with Gasteiger partial charge in [-0.2, -0.15) is 0 Å². The zero-order valence-electron chi connectivity index (χ0n) is 15.0. The van der Waals surface area contributed by atoms with Crippen molar-refractivity contribution in [2.45, 2.75) is 12.8 Å². The predicted octanol–water partition coefficient (Wildman–Crippen LogP) is 0.205. The van der Waals surface area contributed by atoms with Crippen LogP contribution in [0.15, 0.2) is 36.4 Å². The van der Waals surface area contributed by atoms with Crippen molar-refractivity contribution in [1.82, 2.24) is 0 Å². The van der Waals surface area contributed by atoms with E-state index >= 15 is 0 Å². The summed E-state index contributed by atoms with van der Waals surface area (Å²) < 4.78 is 11.4. The summed E-state index contributed by atoms with van der Waals surface area (Å²) in [6.45, 7) is 3.13. The Labute approximate surface area is 161 Å². The highest BCUT2D eigenvalue weighted by Crippen LogP contribution is 2.25. The molecule has 132 valence electrons. The molecule has 0 fully saturated rings. The molecule has 0 bridgehead atoms. The third-order valence-electron chi connectivity index (χ3n) is 3.93. The van der Waals surface area contributed by atoms with Crippen LogP contribution in [0.1, 0.15) is 18.4 Å². The molecule has 0 saturated carbocycles. The third-order valence-corrected chi connectivity index (χ3v) is 3.93. The van der Waals surface area contributed by atoms with E-state index in [1.807, 2.05) is 43.3 Å². The molecule has 0 saturated heterocycles.